The Morgan fingerprint density at radius 3 is 2.26 bits per heavy atom. The van der Waals surface area contributed by atoms with Crippen LogP contribution in [0.1, 0.15) is 17.3 Å². The predicted molar refractivity (Wildman–Crippen MR) is 88.0 cm³/mol. The summed E-state index contributed by atoms with van der Waals surface area (Å²) in [6.07, 6.45) is 1.03. The van der Waals surface area contributed by atoms with Crippen LogP contribution >= 0.6 is 0 Å². The van der Waals surface area contributed by atoms with Gasteiger partial charge in [0.05, 0.1) is 24.6 Å². The van der Waals surface area contributed by atoms with Crippen molar-refractivity contribution < 1.29 is 22.7 Å². The summed E-state index contributed by atoms with van der Waals surface area (Å²) in [4.78, 5) is 11.8. The van der Waals surface area contributed by atoms with E-state index in [1.165, 1.54) is 26.2 Å². The fraction of sp³-hybridized carbons (Fsp3) is 0.188. The molecule has 0 amide bonds. The lowest BCUT2D eigenvalue weighted by Gasteiger charge is -2.15. The summed E-state index contributed by atoms with van der Waals surface area (Å²) in [5, 5.41) is 0. The molecule has 0 saturated heterocycles. The zero-order chi connectivity index (χ0) is 17.0. The SMILES string of the molecule is COc1cc(NS(C)(=O)=O)c(Oc2ccccc2)cc1C(C)=O. The maximum atomic E-state index is 11.8. The zero-order valence-corrected chi connectivity index (χ0v) is 13.8. The molecule has 7 heteroatoms. The van der Waals surface area contributed by atoms with E-state index in [0.29, 0.717) is 11.3 Å². The summed E-state index contributed by atoms with van der Waals surface area (Å²) in [5.41, 5.74) is 0.496. The Morgan fingerprint density at radius 2 is 1.74 bits per heavy atom. The third-order valence-electron chi connectivity index (χ3n) is 2.95. The number of hydrogen-bond donors (Lipinski definition) is 1. The molecule has 0 atom stereocenters. The van der Waals surface area contributed by atoms with E-state index in [-0.39, 0.29) is 23.0 Å². The summed E-state index contributed by atoms with van der Waals surface area (Å²) in [6, 6.07) is 11.7. The molecule has 6 nitrogen and oxygen atoms in total. The first kappa shape index (κ1) is 16.8. The highest BCUT2D eigenvalue weighted by molar-refractivity contribution is 7.92. The molecule has 0 aliphatic heterocycles. The molecule has 0 fully saturated rings. The highest BCUT2D eigenvalue weighted by atomic mass is 32.2. The number of benzene rings is 2. The number of ketones is 1. The summed E-state index contributed by atoms with van der Waals surface area (Å²) < 4.78 is 36.3. The lowest BCUT2D eigenvalue weighted by molar-refractivity contribution is 0.101. The topological polar surface area (TPSA) is 81.7 Å². The van der Waals surface area contributed by atoms with Crippen LogP contribution in [0, 0.1) is 0 Å². The van der Waals surface area contributed by atoms with Crippen molar-refractivity contribution in [1.82, 2.24) is 0 Å². The molecule has 0 bridgehead atoms. The number of hydrogen-bond acceptors (Lipinski definition) is 5. The van der Waals surface area contributed by atoms with Gasteiger partial charge in [-0.1, -0.05) is 18.2 Å². The summed E-state index contributed by atoms with van der Waals surface area (Å²) in [6.45, 7) is 1.40. The van der Waals surface area contributed by atoms with Gasteiger partial charge in [-0.25, -0.2) is 8.42 Å². The molecule has 23 heavy (non-hydrogen) atoms. The second-order valence-corrected chi connectivity index (χ2v) is 6.64. The van der Waals surface area contributed by atoms with Crippen molar-refractivity contribution in [1.29, 1.82) is 0 Å². The molecule has 0 unspecified atom stereocenters. The maximum absolute atomic E-state index is 11.8. The van der Waals surface area contributed by atoms with Crippen molar-refractivity contribution in [3.63, 3.8) is 0 Å². The lowest BCUT2D eigenvalue weighted by atomic mass is 10.1. The molecular weight excluding hydrogens is 318 g/mol. The van der Waals surface area contributed by atoms with Crippen LogP contribution in [0.4, 0.5) is 5.69 Å². The number of anilines is 1. The van der Waals surface area contributed by atoms with Gasteiger partial charge in [-0.05, 0) is 25.1 Å². The highest BCUT2D eigenvalue weighted by Gasteiger charge is 2.17. The number of methoxy groups -OCH3 is 1. The molecular formula is C16H17NO5S. The molecule has 0 aromatic heterocycles. The quantitative estimate of drug-likeness (QED) is 0.821. The van der Waals surface area contributed by atoms with E-state index in [1.54, 1.807) is 24.3 Å². The Labute approximate surface area is 135 Å². The normalized spacial score (nSPS) is 10.9. The van der Waals surface area contributed by atoms with Crippen LogP contribution in [0.2, 0.25) is 0 Å². The molecule has 0 spiro atoms. The van der Waals surface area contributed by atoms with Crippen LogP contribution in [0.3, 0.4) is 0 Å². The average molecular weight is 335 g/mol. The number of ether oxygens (including phenoxy) is 2. The molecule has 0 saturated carbocycles. The van der Waals surface area contributed by atoms with Crippen molar-refractivity contribution >= 4 is 21.5 Å². The van der Waals surface area contributed by atoms with Gasteiger partial charge in [0.25, 0.3) is 0 Å². The number of para-hydroxylation sites is 1. The summed E-state index contributed by atoms with van der Waals surface area (Å²) in [7, 11) is -2.11. The van der Waals surface area contributed by atoms with Gasteiger partial charge in [-0.2, -0.15) is 0 Å². The van der Waals surface area contributed by atoms with E-state index in [0.717, 1.165) is 6.26 Å². The van der Waals surface area contributed by atoms with Gasteiger partial charge < -0.3 is 9.47 Å². The first-order valence-corrected chi connectivity index (χ1v) is 8.63. The molecule has 122 valence electrons. The Balaban J connectivity index is 2.55. The molecule has 0 aliphatic carbocycles. The number of Topliss-reactive ketones (excluding diaryl/α,β-unsaturated/α-hetero) is 1. The highest BCUT2D eigenvalue weighted by Crippen LogP contribution is 2.36. The molecule has 2 rings (SSSR count). The van der Waals surface area contributed by atoms with Crippen molar-refractivity contribution in [3.05, 3.63) is 48.0 Å². The van der Waals surface area contributed by atoms with Crippen molar-refractivity contribution in [3.8, 4) is 17.2 Å². The van der Waals surface area contributed by atoms with E-state index in [1.807, 2.05) is 6.07 Å². The molecule has 2 aromatic rings. The van der Waals surface area contributed by atoms with Gasteiger partial charge in [0.15, 0.2) is 11.5 Å². The first-order valence-electron chi connectivity index (χ1n) is 6.74. The van der Waals surface area contributed by atoms with E-state index in [4.69, 9.17) is 9.47 Å². The zero-order valence-electron chi connectivity index (χ0n) is 13.0. The maximum Gasteiger partial charge on any atom is 0.229 e. The summed E-state index contributed by atoms with van der Waals surface area (Å²) in [5.74, 6) is 0.783. The third-order valence-corrected chi connectivity index (χ3v) is 3.54. The van der Waals surface area contributed by atoms with Gasteiger partial charge >= 0.3 is 0 Å². The van der Waals surface area contributed by atoms with Gasteiger partial charge in [0.2, 0.25) is 10.0 Å². The van der Waals surface area contributed by atoms with Crippen molar-refractivity contribution in [2.75, 3.05) is 18.1 Å². The van der Waals surface area contributed by atoms with E-state index in [2.05, 4.69) is 4.72 Å². The molecule has 2 aromatic carbocycles. The minimum atomic E-state index is -3.52. The molecule has 1 N–H and O–H groups in total. The fourth-order valence-corrected chi connectivity index (χ4v) is 2.54. The van der Waals surface area contributed by atoms with Crippen LogP contribution in [0.5, 0.6) is 17.2 Å². The van der Waals surface area contributed by atoms with Crippen molar-refractivity contribution in [2.45, 2.75) is 6.92 Å². The molecule has 0 radical (unpaired) electrons. The van der Waals surface area contributed by atoms with Gasteiger partial charge in [-0.15, -0.1) is 0 Å². The van der Waals surface area contributed by atoms with Gasteiger partial charge in [-0.3, -0.25) is 9.52 Å². The van der Waals surface area contributed by atoms with Gasteiger partial charge in [0, 0.05) is 6.07 Å². The fourth-order valence-electron chi connectivity index (χ4n) is 1.98. The second kappa shape index (κ2) is 6.70. The van der Waals surface area contributed by atoms with Crippen molar-refractivity contribution in [2.24, 2.45) is 0 Å². The monoisotopic (exact) mass is 335 g/mol. The number of carbonyl (C=O) groups is 1. The minimum absolute atomic E-state index is 0.193. The first-order chi connectivity index (χ1) is 10.8. The Bertz CT molecular complexity index is 816. The number of sulfonamides is 1. The standard InChI is InChI=1S/C16H17NO5S/c1-11(18)13-9-16(22-12-7-5-4-6-8-12)14(10-15(13)21-2)17-23(3,19)20/h4-10,17H,1-3H3. The molecule has 0 heterocycles. The van der Waals surface area contributed by atoms with Crippen LogP contribution in [-0.2, 0) is 10.0 Å². The number of nitrogens with one attached hydrogen (secondary N) is 1. The van der Waals surface area contributed by atoms with Crippen LogP contribution in [-0.4, -0.2) is 27.6 Å². The molecule has 0 aliphatic rings. The largest absolute Gasteiger partial charge is 0.496 e. The Morgan fingerprint density at radius 1 is 1.09 bits per heavy atom. The predicted octanol–water partition coefficient (Wildman–Crippen LogP) is 3.06. The van der Waals surface area contributed by atoms with E-state index < -0.39 is 10.0 Å². The average Bonchev–Trinajstić information content (AvgIpc) is 2.48. The third kappa shape index (κ3) is 4.46. The second-order valence-electron chi connectivity index (χ2n) is 4.89. The van der Waals surface area contributed by atoms with E-state index >= 15 is 0 Å². The Hall–Kier alpha value is -2.54. The number of rotatable bonds is 6. The van der Waals surface area contributed by atoms with Crippen LogP contribution in [0.15, 0.2) is 42.5 Å². The smallest absolute Gasteiger partial charge is 0.229 e. The minimum Gasteiger partial charge on any atom is -0.496 e. The Kier molecular flexibility index (Phi) is 4.90. The van der Waals surface area contributed by atoms with E-state index in [9.17, 15) is 13.2 Å². The van der Waals surface area contributed by atoms with Gasteiger partial charge in [0.1, 0.15) is 11.5 Å². The van der Waals surface area contributed by atoms with Crippen LogP contribution in [0.25, 0.3) is 0 Å². The lowest BCUT2D eigenvalue weighted by Crippen LogP contribution is -2.11. The van der Waals surface area contributed by atoms with Crippen LogP contribution < -0.4 is 14.2 Å². The number of carbonyl (C=O) groups excluding carboxylic acids is 1. The summed E-state index contributed by atoms with van der Waals surface area (Å²) >= 11 is 0.